The molecule has 8 heteroatoms. The molecule has 2 bridgehead atoms. The van der Waals surface area contributed by atoms with Crippen molar-refractivity contribution in [1.29, 1.82) is 0 Å². The first-order chi connectivity index (χ1) is 11.9. The van der Waals surface area contributed by atoms with E-state index in [-0.39, 0.29) is 23.9 Å². The minimum atomic E-state index is -0.507. The number of amides is 1. The SMILES string of the molecule is O=C(COC(=O)[C@H]1[C@@H]2C[C@H]3[C@@H]1C(=O)O[C@@H]3C2)Nc1ccc(Cl)cc1Cl. The van der Waals surface area contributed by atoms with Gasteiger partial charge in [0.25, 0.3) is 5.91 Å². The van der Waals surface area contributed by atoms with Crippen LogP contribution < -0.4 is 5.32 Å². The van der Waals surface area contributed by atoms with Crippen LogP contribution in [-0.4, -0.2) is 30.6 Å². The smallest absolute Gasteiger partial charge is 0.310 e. The Bertz CT molecular complexity index is 765. The first-order valence-electron chi connectivity index (χ1n) is 8.06. The molecule has 4 rings (SSSR count). The molecule has 1 amide bonds. The van der Waals surface area contributed by atoms with Crippen molar-refractivity contribution >= 4 is 46.7 Å². The van der Waals surface area contributed by atoms with E-state index in [9.17, 15) is 14.4 Å². The second-order valence-electron chi connectivity index (χ2n) is 6.70. The Labute approximate surface area is 153 Å². The molecule has 3 fully saturated rings. The maximum absolute atomic E-state index is 12.4. The minimum absolute atomic E-state index is 0.0399. The molecule has 0 radical (unpaired) electrons. The number of nitrogens with one attached hydrogen (secondary N) is 1. The summed E-state index contributed by atoms with van der Waals surface area (Å²) in [6, 6.07) is 4.66. The summed E-state index contributed by atoms with van der Waals surface area (Å²) in [6.45, 7) is -0.434. The van der Waals surface area contributed by atoms with Gasteiger partial charge in [-0.25, -0.2) is 0 Å². The Morgan fingerprint density at radius 1 is 1.28 bits per heavy atom. The molecule has 0 aromatic heterocycles. The number of halogens is 2. The molecule has 6 nitrogen and oxygen atoms in total. The van der Waals surface area contributed by atoms with E-state index in [1.54, 1.807) is 12.1 Å². The Morgan fingerprint density at radius 3 is 2.84 bits per heavy atom. The van der Waals surface area contributed by atoms with Crippen molar-refractivity contribution in [2.45, 2.75) is 18.9 Å². The lowest BCUT2D eigenvalue weighted by Crippen LogP contribution is -2.34. The highest BCUT2D eigenvalue weighted by atomic mass is 35.5. The van der Waals surface area contributed by atoms with Gasteiger partial charge in [-0.1, -0.05) is 23.2 Å². The lowest BCUT2D eigenvalue weighted by Gasteiger charge is -2.22. The molecule has 1 aromatic carbocycles. The number of hydrogen-bond acceptors (Lipinski definition) is 5. The largest absolute Gasteiger partial charge is 0.462 e. The van der Waals surface area contributed by atoms with Crippen LogP contribution in [0.15, 0.2) is 18.2 Å². The van der Waals surface area contributed by atoms with Gasteiger partial charge in [0.05, 0.1) is 22.5 Å². The maximum Gasteiger partial charge on any atom is 0.310 e. The fourth-order valence-electron chi connectivity index (χ4n) is 4.34. The van der Waals surface area contributed by atoms with Crippen LogP contribution in [0.4, 0.5) is 5.69 Å². The van der Waals surface area contributed by atoms with Crippen LogP contribution in [-0.2, 0) is 23.9 Å². The summed E-state index contributed by atoms with van der Waals surface area (Å²) in [5, 5.41) is 3.30. The van der Waals surface area contributed by atoms with E-state index in [0.717, 1.165) is 6.42 Å². The summed E-state index contributed by atoms with van der Waals surface area (Å²) < 4.78 is 10.4. The molecule has 3 aliphatic rings. The number of hydrogen-bond donors (Lipinski definition) is 1. The molecule has 0 spiro atoms. The van der Waals surface area contributed by atoms with E-state index >= 15 is 0 Å². The van der Waals surface area contributed by atoms with Gasteiger partial charge in [0.2, 0.25) is 0 Å². The summed E-state index contributed by atoms with van der Waals surface area (Å²) in [6.07, 6.45) is 1.48. The lowest BCUT2D eigenvalue weighted by atomic mass is 9.80. The summed E-state index contributed by atoms with van der Waals surface area (Å²) in [7, 11) is 0. The number of carbonyl (C=O) groups is 3. The van der Waals surface area contributed by atoms with Gasteiger partial charge >= 0.3 is 11.9 Å². The fraction of sp³-hybridized carbons (Fsp3) is 0.471. The number of benzene rings is 1. The quantitative estimate of drug-likeness (QED) is 0.808. The van der Waals surface area contributed by atoms with Crippen LogP contribution in [0.2, 0.25) is 10.0 Å². The first kappa shape index (κ1) is 16.7. The molecular formula is C17H15Cl2NO5. The van der Waals surface area contributed by atoms with Crippen molar-refractivity contribution in [2.75, 3.05) is 11.9 Å². The minimum Gasteiger partial charge on any atom is -0.462 e. The Kier molecular flexibility index (Phi) is 4.12. The molecule has 25 heavy (non-hydrogen) atoms. The fourth-order valence-corrected chi connectivity index (χ4v) is 4.79. The molecular weight excluding hydrogens is 369 g/mol. The summed E-state index contributed by atoms with van der Waals surface area (Å²) in [4.78, 5) is 36.3. The van der Waals surface area contributed by atoms with Gasteiger partial charge in [0, 0.05) is 10.9 Å². The van der Waals surface area contributed by atoms with E-state index in [1.807, 2.05) is 0 Å². The lowest BCUT2D eigenvalue weighted by molar-refractivity contribution is -0.157. The van der Waals surface area contributed by atoms with Gasteiger partial charge in [-0.05, 0) is 37.0 Å². The zero-order valence-electron chi connectivity index (χ0n) is 13.0. The van der Waals surface area contributed by atoms with E-state index in [4.69, 9.17) is 32.7 Å². The monoisotopic (exact) mass is 383 g/mol. The van der Waals surface area contributed by atoms with Gasteiger partial charge < -0.3 is 14.8 Å². The van der Waals surface area contributed by atoms with Crippen molar-refractivity contribution in [3.8, 4) is 0 Å². The van der Waals surface area contributed by atoms with E-state index in [0.29, 0.717) is 22.2 Å². The van der Waals surface area contributed by atoms with Crippen molar-refractivity contribution in [1.82, 2.24) is 0 Å². The van der Waals surface area contributed by atoms with Gasteiger partial charge in [0.15, 0.2) is 6.61 Å². The van der Waals surface area contributed by atoms with Crippen molar-refractivity contribution in [3.05, 3.63) is 28.2 Å². The van der Waals surface area contributed by atoms with Crippen LogP contribution in [0, 0.1) is 23.7 Å². The third kappa shape index (κ3) is 2.87. The van der Waals surface area contributed by atoms with Crippen molar-refractivity contribution < 1.29 is 23.9 Å². The van der Waals surface area contributed by atoms with Gasteiger partial charge in [-0.15, -0.1) is 0 Å². The second-order valence-corrected chi connectivity index (χ2v) is 7.55. The maximum atomic E-state index is 12.4. The number of fused-ring (bicyclic) bond motifs is 1. The van der Waals surface area contributed by atoms with Crippen molar-refractivity contribution in [2.24, 2.45) is 23.7 Å². The molecule has 1 heterocycles. The van der Waals surface area contributed by atoms with Crippen molar-refractivity contribution in [3.63, 3.8) is 0 Å². The average Bonchev–Trinajstić information content (AvgIpc) is 3.17. The highest BCUT2D eigenvalue weighted by Crippen LogP contribution is 2.57. The highest BCUT2D eigenvalue weighted by Gasteiger charge is 2.64. The van der Waals surface area contributed by atoms with Crippen LogP contribution >= 0.6 is 23.2 Å². The zero-order valence-corrected chi connectivity index (χ0v) is 14.5. The third-order valence-corrected chi connectivity index (χ3v) is 5.85. The van der Waals surface area contributed by atoms with E-state index in [2.05, 4.69) is 5.32 Å². The van der Waals surface area contributed by atoms with Crippen LogP contribution in [0.5, 0.6) is 0 Å². The molecule has 1 aromatic rings. The molecule has 2 aliphatic carbocycles. The molecule has 1 N–H and O–H groups in total. The first-order valence-corrected chi connectivity index (χ1v) is 8.81. The molecule has 1 saturated heterocycles. The topological polar surface area (TPSA) is 81.7 Å². The van der Waals surface area contributed by atoms with Gasteiger partial charge in [-0.3, -0.25) is 14.4 Å². The van der Waals surface area contributed by atoms with Crippen LogP contribution in [0.1, 0.15) is 12.8 Å². The molecule has 2 saturated carbocycles. The predicted molar refractivity (Wildman–Crippen MR) is 89.1 cm³/mol. The summed E-state index contributed by atoms with van der Waals surface area (Å²) >= 11 is 11.8. The summed E-state index contributed by atoms with van der Waals surface area (Å²) in [5.41, 5.74) is 0.384. The normalized spacial score (nSPS) is 31.8. The Balaban J connectivity index is 1.34. The van der Waals surface area contributed by atoms with Gasteiger partial charge in [0.1, 0.15) is 6.10 Å². The number of anilines is 1. The number of rotatable bonds is 4. The number of carbonyl (C=O) groups excluding carboxylic acids is 3. The van der Waals surface area contributed by atoms with E-state index < -0.39 is 30.3 Å². The molecule has 0 unspecified atom stereocenters. The standard InChI is InChI=1S/C17H15Cl2NO5/c18-8-1-2-11(10(19)5-8)20-13(21)6-24-16(22)14-7-3-9-12(4-7)25-17(23)15(9)14/h1-2,5,7,9,12,14-15H,3-4,6H2,(H,20,21)/t7-,9-,12-,14+,15+/m1/s1. The summed E-state index contributed by atoms with van der Waals surface area (Å²) in [5.74, 6) is -2.01. The van der Waals surface area contributed by atoms with Gasteiger partial charge in [-0.2, -0.15) is 0 Å². The number of esters is 2. The van der Waals surface area contributed by atoms with Crippen LogP contribution in [0.3, 0.4) is 0 Å². The Hall–Kier alpha value is -1.79. The molecule has 132 valence electrons. The zero-order chi connectivity index (χ0) is 17.7. The Morgan fingerprint density at radius 2 is 2.08 bits per heavy atom. The predicted octanol–water partition coefficient (Wildman–Crippen LogP) is 2.67. The molecule has 5 atom stereocenters. The molecule has 1 aliphatic heterocycles. The average molecular weight is 384 g/mol. The number of ether oxygens (including phenoxy) is 2. The third-order valence-electron chi connectivity index (χ3n) is 5.31. The highest BCUT2D eigenvalue weighted by molar-refractivity contribution is 6.36. The van der Waals surface area contributed by atoms with Crippen LogP contribution in [0.25, 0.3) is 0 Å². The van der Waals surface area contributed by atoms with E-state index in [1.165, 1.54) is 6.07 Å². The second kappa shape index (κ2) is 6.18.